The van der Waals surface area contributed by atoms with E-state index < -0.39 is 5.97 Å². The monoisotopic (exact) mass is 382 g/mol. The minimum absolute atomic E-state index is 0.0991. The molecule has 1 N–H and O–H groups in total. The van der Waals surface area contributed by atoms with Crippen LogP contribution in [0.1, 0.15) is 40.4 Å². The Labute approximate surface area is 165 Å². The van der Waals surface area contributed by atoms with Crippen LogP contribution in [0, 0.1) is 20.8 Å². The van der Waals surface area contributed by atoms with Crippen molar-refractivity contribution in [3.8, 4) is 0 Å². The van der Waals surface area contributed by atoms with Crippen LogP contribution in [0.3, 0.4) is 0 Å². The molecule has 0 heterocycles. The number of rotatable bonds is 6. The highest BCUT2D eigenvalue weighted by Crippen LogP contribution is 2.27. The first kappa shape index (κ1) is 21.2. The number of esters is 1. The van der Waals surface area contributed by atoms with Crippen LogP contribution in [0.25, 0.3) is 0 Å². The second-order valence-corrected chi connectivity index (χ2v) is 6.75. The smallest absolute Gasteiger partial charge is 0.339 e. The van der Waals surface area contributed by atoms with Crippen LogP contribution >= 0.6 is 0 Å². The molecule has 0 aliphatic heterocycles. The molecule has 0 atom stereocenters. The summed E-state index contributed by atoms with van der Waals surface area (Å²) in [5, 5.41) is 2.73. The highest BCUT2D eigenvalue weighted by atomic mass is 16.5. The molecule has 0 saturated carbocycles. The summed E-state index contributed by atoms with van der Waals surface area (Å²) in [4.78, 5) is 38.1. The van der Waals surface area contributed by atoms with Crippen LogP contribution in [0.5, 0.6) is 0 Å². The van der Waals surface area contributed by atoms with E-state index in [2.05, 4.69) is 5.32 Å². The van der Waals surface area contributed by atoms with Crippen LogP contribution in [-0.2, 0) is 14.3 Å². The lowest BCUT2D eigenvalue weighted by atomic mass is 10.0. The Kier molecular flexibility index (Phi) is 6.93. The normalized spacial score (nSPS) is 10.3. The van der Waals surface area contributed by atoms with Crippen molar-refractivity contribution in [1.82, 2.24) is 0 Å². The molecule has 28 heavy (non-hydrogen) atoms. The zero-order chi connectivity index (χ0) is 20.8. The van der Waals surface area contributed by atoms with Gasteiger partial charge in [-0.1, -0.05) is 29.8 Å². The highest BCUT2D eigenvalue weighted by molar-refractivity contribution is 6.01. The van der Waals surface area contributed by atoms with Crippen LogP contribution in [0.4, 0.5) is 11.4 Å². The van der Waals surface area contributed by atoms with Gasteiger partial charge < -0.3 is 15.0 Å². The van der Waals surface area contributed by atoms with Gasteiger partial charge in [-0.3, -0.25) is 9.59 Å². The quantitative estimate of drug-likeness (QED) is 0.772. The topological polar surface area (TPSA) is 75.7 Å². The molecule has 148 valence electrons. The number of para-hydroxylation sites is 1. The van der Waals surface area contributed by atoms with Gasteiger partial charge in [-0.2, -0.15) is 0 Å². The Hall–Kier alpha value is -3.15. The highest BCUT2D eigenvalue weighted by Gasteiger charge is 2.19. The number of hydrogen-bond acceptors (Lipinski definition) is 4. The number of ether oxygens (including phenoxy) is 1. The van der Waals surface area contributed by atoms with Gasteiger partial charge in [-0.05, 0) is 44.0 Å². The van der Waals surface area contributed by atoms with E-state index in [9.17, 15) is 14.4 Å². The van der Waals surface area contributed by atoms with E-state index in [4.69, 9.17) is 4.74 Å². The van der Waals surface area contributed by atoms with E-state index in [1.165, 1.54) is 14.0 Å². The maximum atomic E-state index is 12.5. The van der Waals surface area contributed by atoms with Crippen molar-refractivity contribution in [2.45, 2.75) is 34.1 Å². The molecule has 0 radical (unpaired) electrons. The average Bonchev–Trinajstić information content (AvgIpc) is 2.63. The lowest BCUT2D eigenvalue weighted by Gasteiger charge is -2.25. The summed E-state index contributed by atoms with van der Waals surface area (Å²) >= 11 is 0. The fraction of sp³-hybridized carbons (Fsp3) is 0.318. The summed E-state index contributed by atoms with van der Waals surface area (Å²) in [5.41, 5.74) is 4.61. The number of anilines is 2. The number of nitrogens with zero attached hydrogens (tertiary/aromatic N) is 1. The first-order valence-corrected chi connectivity index (χ1v) is 9.07. The summed E-state index contributed by atoms with van der Waals surface area (Å²) in [6.45, 7) is 7.65. The predicted molar refractivity (Wildman–Crippen MR) is 110 cm³/mol. The zero-order valence-corrected chi connectivity index (χ0v) is 17.0. The molecule has 0 fully saturated rings. The van der Waals surface area contributed by atoms with E-state index in [-0.39, 0.29) is 30.3 Å². The van der Waals surface area contributed by atoms with Crippen molar-refractivity contribution in [3.63, 3.8) is 0 Å². The Morgan fingerprint density at radius 2 is 1.64 bits per heavy atom. The molecular formula is C22H26N2O4. The van der Waals surface area contributed by atoms with Gasteiger partial charge in [0.2, 0.25) is 11.8 Å². The first-order valence-electron chi connectivity index (χ1n) is 9.07. The molecular weight excluding hydrogens is 356 g/mol. The number of benzene rings is 2. The van der Waals surface area contributed by atoms with Gasteiger partial charge in [0.05, 0.1) is 18.4 Å². The minimum Gasteiger partial charge on any atom is -0.465 e. The molecule has 6 heteroatoms. The van der Waals surface area contributed by atoms with Crippen LogP contribution in [0.2, 0.25) is 0 Å². The fourth-order valence-corrected chi connectivity index (χ4v) is 3.33. The summed E-state index contributed by atoms with van der Waals surface area (Å²) in [7, 11) is 1.29. The van der Waals surface area contributed by atoms with Gasteiger partial charge in [-0.15, -0.1) is 0 Å². The molecule has 0 aliphatic rings. The van der Waals surface area contributed by atoms with E-state index in [1.807, 2.05) is 32.9 Å². The van der Waals surface area contributed by atoms with Gasteiger partial charge >= 0.3 is 5.97 Å². The van der Waals surface area contributed by atoms with Gasteiger partial charge in [-0.25, -0.2) is 4.79 Å². The number of amides is 2. The Morgan fingerprint density at radius 1 is 1.04 bits per heavy atom. The third-order valence-electron chi connectivity index (χ3n) is 4.45. The van der Waals surface area contributed by atoms with Crippen molar-refractivity contribution in [2.24, 2.45) is 0 Å². The molecule has 6 nitrogen and oxygen atoms in total. The summed E-state index contributed by atoms with van der Waals surface area (Å²) in [5.74, 6) is -0.935. The second kappa shape index (κ2) is 9.17. The third kappa shape index (κ3) is 4.97. The molecule has 0 unspecified atom stereocenters. The van der Waals surface area contributed by atoms with Crippen molar-refractivity contribution in [2.75, 3.05) is 23.9 Å². The Bertz CT molecular complexity index is 882. The number of carbonyl (C=O) groups excluding carboxylic acids is 3. The molecule has 0 aromatic heterocycles. The van der Waals surface area contributed by atoms with E-state index >= 15 is 0 Å². The maximum Gasteiger partial charge on any atom is 0.339 e. The van der Waals surface area contributed by atoms with Crippen molar-refractivity contribution < 1.29 is 19.1 Å². The molecule has 0 bridgehead atoms. The molecule has 2 aromatic carbocycles. The first-order chi connectivity index (χ1) is 13.2. The van der Waals surface area contributed by atoms with E-state index in [0.717, 1.165) is 22.4 Å². The Balaban J connectivity index is 2.15. The van der Waals surface area contributed by atoms with Gasteiger partial charge in [0.15, 0.2) is 0 Å². The molecule has 2 rings (SSSR count). The largest absolute Gasteiger partial charge is 0.465 e. The molecule has 0 aliphatic carbocycles. The standard InChI is InChI=1S/C22H26N2O4/c1-14-12-15(2)21(16(3)13-14)24(17(4)25)11-10-20(26)23-19-9-7-6-8-18(19)22(27)28-5/h6-9,12-13H,10-11H2,1-5H3,(H,23,26). The molecule has 2 amide bonds. The molecule has 0 spiro atoms. The average molecular weight is 382 g/mol. The van der Waals surface area contributed by atoms with E-state index in [0.29, 0.717) is 5.69 Å². The second-order valence-electron chi connectivity index (χ2n) is 6.75. The van der Waals surface area contributed by atoms with Gasteiger partial charge in [0, 0.05) is 25.6 Å². The Morgan fingerprint density at radius 3 is 2.21 bits per heavy atom. The van der Waals surface area contributed by atoms with Crippen LogP contribution in [0.15, 0.2) is 36.4 Å². The van der Waals surface area contributed by atoms with Crippen molar-refractivity contribution in [3.05, 3.63) is 58.7 Å². The van der Waals surface area contributed by atoms with Gasteiger partial charge in [0.25, 0.3) is 0 Å². The number of nitrogens with one attached hydrogen (secondary N) is 1. The maximum absolute atomic E-state index is 12.5. The van der Waals surface area contributed by atoms with Crippen LogP contribution in [-0.4, -0.2) is 31.4 Å². The summed E-state index contributed by atoms with van der Waals surface area (Å²) < 4.78 is 4.74. The third-order valence-corrected chi connectivity index (χ3v) is 4.45. The minimum atomic E-state index is -0.521. The van der Waals surface area contributed by atoms with Crippen LogP contribution < -0.4 is 10.2 Å². The lowest BCUT2D eigenvalue weighted by Crippen LogP contribution is -2.33. The fourth-order valence-electron chi connectivity index (χ4n) is 3.33. The number of methoxy groups -OCH3 is 1. The van der Waals surface area contributed by atoms with Gasteiger partial charge in [0.1, 0.15) is 0 Å². The summed E-state index contributed by atoms with van der Waals surface area (Å²) in [6, 6.07) is 10.7. The van der Waals surface area contributed by atoms with Crippen molar-refractivity contribution in [1.29, 1.82) is 0 Å². The lowest BCUT2D eigenvalue weighted by molar-refractivity contribution is -0.117. The van der Waals surface area contributed by atoms with Crippen molar-refractivity contribution >= 4 is 29.2 Å². The zero-order valence-electron chi connectivity index (χ0n) is 17.0. The number of carbonyl (C=O) groups is 3. The molecule has 2 aromatic rings. The molecule has 0 saturated heterocycles. The van der Waals surface area contributed by atoms with E-state index in [1.54, 1.807) is 29.2 Å². The number of hydrogen-bond donors (Lipinski definition) is 1. The SMILES string of the molecule is COC(=O)c1ccccc1NC(=O)CCN(C(C)=O)c1c(C)cc(C)cc1C. The summed E-state index contributed by atoms with van der Waals surface area (Å²) in [6.07, 6.45) is 0.0991. The predicted octanol–water partition coefficient (Wildman–Crippen LogP) is 3.78. The number of aryl methyl sites for hydroxylation is 3.